The molecule has 0 bridgehead atoms. The number of nitrogens with one attached hydrogen (secondary N) is 1. The summed E-state index contributed by atoms with van der Waals surface area (Å²) < 4.78 is 3.22. The molecule has 0 atom stereocenters. The van der Waals surface area contributed by atoms with E-state index in [0.29, 0.717) is 6.54 Å². The van der Waals surface area contributed by atoms with Crippen LogP contribution in [0.5, 0.6) is 0 Å². The molecule has 2 aromatic heterocycles. The second kappa shape index (κ2) is 10.4. The Kier molecular flexibility index (Phi) is 9.28. The molecule has 1 N–H and O–H groups in total. The van der Waals surface area contributed by atoms with Gasteiger partial charge in [-0.25, -0.2) is 9.98 Å². The molecule has 0 amide bonds. The molecular formula is C16H25BrIN5S. The fraction of sp³-hybridized carbons (Fsp3) is 0.500. The number of thiazole rings is 1. The standard InChI is InChI=1S/C16H24BrN5S.HI/c1-5-14-8-19-15(23-14)9-20-16(18-6-2)22(4)11-13-7-12(17)10-21(13)3;/h7-8,10H,5-6,9,11H2,1-4H3,(H,18,20);1H. The zero-order chi connectivity index (χ0) is 16.8. The number of aliphatic imine (C=N–C) groups is 1. The van der Waals surface area contributed by atoms with Gasteiger partial charge in [-0.3, -0.25) is 0 Å². The van der Waals surface area contributed by atoms with Crippen LogP contribution in [-0.4, -0.2) is 34.0 Å². The molecule has 0 aromatic carbocycles. The molecule has 0 saturated heterocycles. The van der Waals surface area contributed by atoms with Crippen LogP contribution in [0.4, 0.5) is 0 Å². The first-order valence-electron chi connectivity index (χ1n) is 7.77. The summed E-state index contributed by atoms with van der Waals surface area (Å²) in [7, 11) is 4.11. The third-order valence-corrected chi connectivity index (χ3v) is 5.04. The van der Waals surface area contributed by atoms with Crippen LogP contribution in [-0.2, 0) is 26.6 Å². The fourth-order valence-corrected chi connectivity index (χ4v) is 3.60. The van der Waals surface area contributed by atoms with Crippen LogP contribution in [0.15, 0.2) is 27.9 Å². The first kappa shape index (κ1) is 21.4. The topological polar surface area (TPSA) is 45.5 Å². The maximum absolute atomic E-state index is 4.72. The van der Waals surface area contributed by atoms with Gasteiger partial charge in [0.05, 0.1) is 13.1 Å². The van der Waals surface area contributed by atoms with E-state index in [1.54, 1.807) is 11.3 Å². The summed E-state index contributed by atoms with van der Waals surface area (Å²) in [5, 5.41) is 4.41. The smallest absolute Gasteiger partial charge is 0.194 e. The zero-order valence-electron chi connectivity index (χ0n) is 14.5. The van der Waals surface area contributed by atoms with E-state index in [1.165, 1.54) is 10.6 Å². The lowest BCUT2D eigenvalue weighted by Gasteiger charge is -2.22. The molecule has 0 saturated carbocycles. The predicted molar refractivity (Wildman–Crippen MR) is 116 cm³/mol. The minimum Gasteiger partial charge on any atom is -0.357 e. The molecule has 0 aliphatic rings. The van der Waals surface area contributed by atoms with Crippen molar-refractivity contribution in [3.8, 4) is 0 Å². The Hall–Kier alpha value is -0.610. The van der Waals surface area contributed by atoms with Crippen molar-refractivity contribution in [3.05, 3.63) is 38.5 Å². The maximum Gasteiger partial charge on any atom is 0.194 e. The van der Waals surface area contributed by atoms with E-state index >= 15 is 0 Å². The van der Waals surface area contributed by atoms with Crippen molar-refractivity contribution in [1.82, 2.24) is 19.8 Å². The highest BCUT2D eigenvalue weighted by atomic mass is 127. The van der Waals surface area contributed by atoms with Crippen molar-refractivity contribution in [1.29, 1.82) is 0 Å². The third kappa shape index (κ3) is 6.03. The van der Waals surface area contributed by atoms with Gasteiger partial charge in [-0.15, -0.1) is 35.3 Å². The zero-order valence-corrected chi connectivity index (χ0v) is 19.3. The number of halogens is 2. The number of nitrogens with zero attached hydrogens (tertiary/aromatic N) is 4. The molecule has 5 nitrogen and oxygen atoms in total. The van der Waals surface area contributed by atoms with Crippen LogP contribution in [0.1, 0.15) is 29.4 Å². The summed E-state index contributed by atoms with van der Waals surface area (Å²) >= 11 is 5.26. The van der Waals surface area contributed by atoms with E-state index in [1.807, 2.05) is 6.20 Å². The largest absolute Gasteiger partial charge is 0.357 e. The molecule has 0 aliphatic carbocycles. The van der Waals surface area contributed by atoms with Gasteiger partial charge in [0, 0.05) is 48.1 Å². The summed E-state index contributed by atoms with van der Waals surface area (Å²) in [5.41, 5.74) is 1.23. The quantitative estimate of drug-likeness (QED) is 0.352. The minimum atomic E-state index is 0. The molecule has 0 radical (unpaired) electrons. The third-order valence-electron chi connectivity index (χ3n) is 3.48. The molecule has 24 heavy (non-hydrogen) atoms. The highest BCUT2D eigenvalue weighted by Gasteiger charge is 2.10. The van der Waals surface area contributed by atoms with E-state index in [2.05, 4.69) is 75.9 Å². The Bertz CT molecular complexity index is 667. The molecular weight excluding hydrogens is 501 g/mol. The lowest BCUT2D eigenvalue weighted by molar-refractivity contribution is 0.462. The van der Waals surface area contributed by atoms with Crippen molar-refractivity contribution >= 4 is 57.2 Å². The number of rotatable bonds is 6. The van der Waals surface area contributed by atoms with E-state index in [4.69, 9.17) is 4.99 Å². The normalized spacial score (nSPS) is 11.3. The Morgan fingerprint density at radius 1 is 1.46 bits per heavy atom. The Labute approximate surface area is 173 Å². The Morgan fingerprint density at radius 2 is 2.21 bits per heavy atom. The van der Waals surface area contributed by atoms with Gasteiger partial charge in [0.1, 0.15) is 5.01 Å². The monoisotopic (exact) mass is 525 g/mol. The lowest BCUT2D eigenvalue weighted by atomic mass is 10.4. The van der Waals surface area contributed by atoms with Crippen molar-refractivity contribution in [2.24, 2.45) is 12.0 Å². The van der Waals surface area contributed by atoms with Gasteiger partial charge in [-0.2, -0.15) is 0 Å². The van der Waals surface area contributed by atoms with E-state index in [-0.39, 0.29) is 24.0 Å². The summed E-state index contributed by atoms with van der Waals surface area (Å²) in [5.74, 6) is 0.901. The number of hydrogen-bond donors (Lipinski definition) is 1. The molecule has 0 fully saturated rings. The summed E-state index contributed by atoms with van der Waals surface area (Å²) in [6.45, 7) is 6.50. The van der Waals surface area contributed by atoms with Crippen LogP contribution < -0.4 is 5.32 Å². The first-order valence-corrected chi connectivity index (χ1v) is 9.38. The molecule has 0 spiro atoms. The number of guanidine groups is 1. The number of aryl methyl sites for hydroxylation is 2. The molecule has 0 unspecified atom stereocenters. The van der Waals surface area contributed by atoms with Crippen molar-refractivity contribution in [3.63, 3.8) is 0 Å². The maximum atomic E-state index is 4.72. The highest BCUT2D eigenvalue weighted by molar-refractivity contribution is 14.0. The van der Waals surface area contributed by atoms with Gasteiger partial charge in [0.15, 0.2) is 5.96 Å². The van der Waals surface area contributed by atoms with Gasteiger partial charge in [-0.1, -0.05) is 6.92 Å². The average molecular weight is 526 g/mol. The SMILES string of the molecule is CCNC(=NCc1ncc(CC)s1)N(C)Cc1cc(Br)cn1C.I. The van der Waals surface area contributed by atoms with Crippen molar-refractivity contribution < 1.29 is 0 Å². The van der Waals surface area contributed by atoms with Gasteiger partial charge in [0.2, 0.25) is 0 Å². The second-order valence-corrected chi connectivity index (χ2v) is 7.48. The van der Waals surface area contributed by atoms with Crippen LogP contribution in [0, 0.1) is 0 Å². The van der Waals surface area contributed by atoms with E-state index < -0.39 is 0 Å². The molecule has 2 heterocycles. The molecule has 8 heteroatoms. The van der Waals surface area contributed by atoms with Gasteiger partial charge < -0.3 is 14.8 Å². The highest BCUT2D eigenvalue weighted by Crippen LogP contribution is 2.16. The summed E-state index contributed by atoms with van der Waals surface area (Å²) in [6.07, 6.45) is 5.05. The number of aromatic nitrogens is 2. The van der Waals surface area contributed by atoms with Gasteiger partial charge in [-0.05, 0) is 35.3 Å². The van der Waals surface area contributed by atoms with Crippen molar-refractivity contribution in [2.75, 3.05) is 13.6 Å². The van der Waals surface area contributed by atoms with E-state index in [0.717, 1.165) is 35.0 Å². The van der Waals surface area contributed by atoms with Gasteiger partial charge >= 0.3 is 0 Å². The van der Waals surface area contributed by atoms with Crippen LogP contribution >= 0.6 is 51.2 Å². The van der Waals surface area contributed by atoms with Gasteiger partial charge in [0.25, 0.3) is 0 Å². The lowest BCUT2D eigenvalue weighted by Crippen LogP contribution is -2.38. The summed E-state index contributed by atoms with van der Waals surface area (Å²) in [6, 6.07) is 2.13. The first-order chi connectivity index (χ1) is 11.0. The van der Waals surface area contributed by atoms with Crippen LogP contribution in [0.2, 0.25) is 0 Å². The van der Waals surface area contributed by atoms with Crippen molar-refractivity contribution in [2.45, 2.75) is 33.4 Å². The molecule has 2 aromatic rings. The Balaban J connectivity index is 0.00000288. The average Bonchev–Trinajstić information content (AvgIpc) is 3.10. The number of hydrogen-bond acceptors (Lipinski definition) is 3. The van der Waals surface area contributed by atoms with Crippen LogP contribution in [0.3, 0.4) is 0 Å². The molecule has 2 rings (SSSR count). The second-order valence-electron chi connectivity index (χ2n) is 5.36. The Morgan fingerprint density at radius 3 is 2.75 bits per heavy atom. The fourth-order valence-electron chi connectivity index (χ4n) is 2.24. The van der Waals surface area contributed by atoms with Crippen LogP contribution in [0.25, 0.3) is 0 Å². The molecule has 134 valence electrons. The molecule has 0 aliphatic heterocycles. The summed E-state index contributed by atoms with van der Waals surface area (Å²) in [4.78, 5) is 12.6. The minimum absolute atomic E-state index is 0. The van der Waals surface area contributed by atoms with E-state index in [9.17, 15) is 0 Å². The predicted octanol–water partition coefficient (Wildman–Crippen LogP) is 4.02.